The van der Waals surface area contributed by atoms with Gasteiger partial charge in [0.25, 0.3) is 0 Å². The lowest BCUT2D eigenvalue weighted by Crippen LogP contribution is -2.42. The molecule has 0 aromatic heterocycles. The molecule has 0 heterocycles. The summed E-state index contributed by atoms with van der Waals surface area (Å²) in [5, 5.41) is 3.13. The highest BCUT2D eigenvalue weighted by Crippen LogP contribution is 2.10. The Hall–Kier alpha value is -1.88. The number of likely N-dealkylation sites (N-methyl/N-ethyl adjacent to an activating group) is 1. The number of methoxy groups -OCH3 is 1. The molecule has 0 aliphatic heterocycles. The van der Waals surface area contributed by atoms with E-state index in [2.05, 4.69) is 5.32 Å². The molecule has 1 N–H and O–H groups in total. The van der Waals surface area contributed by atoms with E-state index in [1.807, 2.05) is 26.0 Å². The molecular weight excluding hydrogens is 256 g/mol. The zero-order valence-corrected chi connectivity index (χ0v) is 12.5. The molecule has 0 aliphatic rings. The van der Waals surface area contributed by atoms with Crippen LogP contribution in [0.4, 0.5) is 0 Å². The first-order chi connectivity index (χ1) is 9.51. The number of nitrogens with one attached hydrogen (secondary N) is 1. The van der Waals surface area contributed by atoms with Crippen molar-refractivity contribution >= 4 is 11.9 Å². The molecule has 1 aromatic rings. The van der Waals surface area contributed by atoms with Gasteiger partial charge < -0.3 is 15.0 Å². The summed E-state index contributed by atoms with van der Waals surface area (Å²) in [4.78, 5) is 25.2. The molecule has 1 atom stereocenters. The van der Waals surface area contributed by atoms with E-state index >= 15 is 0 Å². The van der Waals surface area contributed by atoms with Gasteiger partial charge in [-0.2, -0.15) is 0 Å². The fraction of sp³-hybridized carbons (Fsp3) is 0.467. The molecule has 0 radical (unpaired) electrons. The fourth-order valence-electron chi connectivity index (χ4n) is 1.82. The summed E-state index contributed by atoms with van der Waals surface area (Å²) in [6.07, 6.45) is 0. The summed E-state index contributed by atoms with van der Waals surface area (Å²) in [6.45, 7) is 4.85. The van der Waals surface area contributed by atoms with Gasteiger partial charge in [-0.3, -0.25) is 4.79 Å². The van der Waals surface area contributed by atoms with Crippen LogP contribution in [-0.2, 0) is 16.1 Å². The highest BCUT2D eigenvalue weighted by atomic mass is 16.5. The van der Waals surface area contributed by atoms with E-state index in [4.69, 9.17) is 4.74 Å². The van der Waals surface area contributed by atoms with Crippen LogP contribution in [0.15, 0.2) is 24.3 Å². The Kier molecular flexibility index (Phi) is 6.18. The van der Waals surface area contributed by atoms with E-state index in [9.17, 15) is 9.59 Å². The summed E-state index contributed by atoms with van der Waals surface area (Å²) >= 11 is 0. The van der Waals surface area contributed by atoms with Gasteiger partial charge in [0.15, 0.2) is 0 Å². The minimum absolute atomic E-state index is 0.0306. The molecule has 5 nitrogen and oxygen atoms in total. The number of hydrogen-bond acceptors (Lipinski definition) is 4. The lowest BCUT2D eigenvalue weighted by molar-refractivity contribution is -0.131. The maximum Gasteiger partial charge on any atom is 0.338 e. The largest absolute Gasteiger partial charge is 0.465 e. The van der Waals surface area contributed by atoms with Gasteiger partial charge in [0.05, 0.1) is 18.7 Å². The lowest BCUT2D eigenvalue weighted by atomic mass is 10.1. The third kappa shape index (κ3) is 4.06. The van der Waals surface area contributed by atoms with Crippen LogP contribution in [0.25, 0.3) is 0 Å². The Morgan fingerprint density at radius 2 is 2.00 bits per heavy atom. The van der Waals surface area contributed by atoms with Gasteiger partial charge in [0.2, 0.25) is 5.91 Å². The van der Waals surface area contributed by atoms with E-state index in [0.29, 0.717) is 18.7 Å². The van der Waals surface area contributed by atoms with Gasteiger partial charge in [-0.15, -0.1) is 0 Å². The van der Waals surface area contributed by atoms with Crippen molar-refractivity contribution in [2.75, 3.05) is 20.7 Å². The molecule has 0 aliphatic carbocycles. The second kappa shape index (κ2) is 7.65. The van der Waals surface area contributed by atoms with E-state index < -0.39 is 0 Å². The summed E-state index contributed by atoms with van der Waals surface area (Å²) < 4.78 is 4.74. The highest BCUT2D eigenvalue weighted by molar-refractivity contribution is 5.91. The van der Waals surface area contributed by atoms with Crippen LogP contribution in [0.2, 0.25) is 0 Å². The molecular formula is C15H22N2O3. The average Bonchev–Trinajstić information content (AvgIpc) is 2.50. The Morgan fingerprint density at radius 3 is 2.60 bits per heavy atom. The molecule has 1 aromatic carbocycles. The van der Waals surface area contributed by atoms with Crippen LogP contribution in [0.1, 0.15) is 29.8 Å². The first-order valence-corrected chi connectivity index (χ1v) is 6.65. The summed E-state index contributed by atoms with van der Waals surface area (Å²) in [5.41, 5.74) is 1.34. The van der Waals surface area contributed by atoms with Crippen LogP contribution in [0, 0.1) is 0 Å². The van der Waals surface area contributed by atoms with Crippen LogP contribution in [0.3, 0.4) is 0 Å². The number of esters is 1. The van der Waals surface area contributed by atoms with Crippen LogP contribution < -0.4 is 5.32 Å². The smallest absolute Gasteiger partial charge is 0.338 e. The highest BCUT2D eigenvalue weighted by Gasteiger charge is 2.17. The molecule has 1 amide bonds. The van der Waals surface area contributed by atoms with Gasteiger partial charge in [-0.05, 0) is 25.5 Å². The number of benzene rings is 1. The number of nitrogens with zero attached hydrogens (tertiary/aromatic N) is 1. The summed E-state index contributed by atoms with van der Waals surface area (Å²) in [7, 11) is 3.12. The van der Waals surface area contributed by atoms with Gasteiger partial charge in [-0.1, -0.05) is 18.2 Å². The number of hydrogen-bond donors (Lipinski definition) is 1. The van der Waals surface area contributed by atoms with Crippen molar-refractivity contribution in [1.29, 1.82) is 0 Å². The van der Waals surface area contributed by atoms with E-state index in [1.54, 1.807) is 24.1 Å². The molecule has 110 valence electrons. The number of carbonyl (C=O) groups is 2. The molecule has 0 fully saturated rings. The Morgan fingerprint density at radius 1 is 1.35 bits per heavy atom. The quantitative estimate of drug-likeness (QED) is 0.800. The molecule has 5 heteroatoms. The predicted molar refractivity (Wildman–Crippen MR) is 77.4 cm³/mol. The maximum absolute atomic E-state index is 11.9. The van der Waals surface area contributed by atoms with Gasteiger partial charge in [0, 0.05) is 20.1 Å². The van der Waals surface area contributed by atoms with Crippen molar-refractivity contribution in [3.63, 3.8) is 0 Å². The number of carbonyl (C=O) groups excluding carboxylic acids is 2. The number of amides is 1. The fourth-order valence-corrected chi connectivity index (χ4v) is 1.82. The van der Waals surface area contributed by atoms with Gasteiger partial charge >= 0.3 is 5.97 Å². The SMILES string of the molecule is CCN(C)C(=O)C(C)NCc1ccccc1C(=O)OC. The van der Waals surface area contributed by atoms with Gasteiger partial charge in [-0.25, -0.2) is 4.79 Å². The molecule has 1 rings (SSSR count). The van der Waals surface area contributed by atoms with Gasteiger partial charge in [0.1, 0.15) is 0 Å². The van der Waals surface area contributed by atoms with Crippen LogP contribution >= 0.6 is 0 Å². The lowest BCUT2D eigenvalue weighted by Gasteiger charge is -2.21. The van der Waals surface area contributed by atoms with E-state index in [-0.39, 0.29) is 17.9 Å². The number of ether oxygens (including phenoxy) is 1. The number of rotatable bonds is 6. The molecule has 20 heavy (non-hydrogen) atoms. The minimum Gasteiger partial charge on any atom is -0.465 e. The first kappa shape index (κ1) is 16.2. The molecule has 0 saturated heterocycles. The molecule has 0 spiro atoms. The standard InChI is InChI=1S/C15H22N2O3/c1-5-17(3)14(18)11(2)16-10-12-8-6-7-9-13(12)15(19)20-4/h6-9,11,16H,5,10H2,1-4H3. The maximum atomic E-state index is 11.9. The Balaban J connectivity index is 2.71. The average molecular weight is 278 g/mol. The van der Waals surface area contributed by atoms with Crippen LogP contribution in [0.5, 0.6) is 0 Å². The second-order valence-electron chi connectivity index (χ2n) is 4.60. The van der Waals surface area contributed by atoms with Crippen molar-refractivity contribution in [3.05, 3.63) is 35.4 Å². The van der Waals surface area contributed by atoms with Crippen molar-refractivity contribution in [2.24, 2.45) is 0 Å². The normalized spacial score (nSPS) is 11.8. The van der Waals surface area contributed by atoms with E-state index in [1.165, 1.54) is 7.11 Å². The molecule has 0 saturated carbocycles. The minimum atomic E-state index is -0.368. The third-order valence-corrected chi connectivity index (χ3v) is 3.24. The zero-order chi connectivity index (χ0) is 15.1. The van der Waals surface area contributed by atoms with Crippen LogP contribution in [-0.4, -0.2) is 43.5 Å². The Labute approximate surface area is 119 Å². The summed E-state index contributed by atoms with van der Waals surface area (Å²) in [5.74, 6) is -0.338. The monoisotopic (exact) mass is 278 g/mol. The molecule has 1 unspecified atom stereocenters. The second-order valence-corrected chi connectivity index (χ2v) is 4.60. The summed E-state index contributed by atoms with van der Waals surface area (Å²) in [6, 6.07) is 6.90. The Bertz CT molecular complexity index is 474. The molecule has 0 bridgehead atoms. The third-order valence-electron chi connectivity index (χ3n) is 3.24. The van der Waals surface area contributed by atoms with Crippen molar-refractivity contribution in [1.82, 2.24) is 10.2 Å². The van der Waals surface area contributed by atoms with Crippen molar-refractivity contribution in [3.8, 4) is 0 Å². The topological polar surface area (TPSA) is 58.6 Å². The van der Waals surface area contributed by atoms with Crippen molar-refractivity contribution < 1.29 is 14.3 Å². The van der Waals surface area contributed by atoms with E-state index in [0.717, 1.165) is 5.56 Å². The predicted octanol–water partition coefficient (Wildman–Crippen LogP) is 1.43. The first-order valence-electron chi connectivity index (χ1n) is 6.65. The van der Waals surface area contributed by atoms with Crippen molar-refractivity contribution in [2.45, 2.75) is 26.4 Å². The zero-order valence-electron chi connectivity index (χ0n) is 12.5.